The van der Waals surface area contributed by atoms with Gasteiger partial charge >= 0.3 is 5.97 Å². The number of fused-ring (bicyclic) bond motifs is 1. The van der Waals surface area contributed by atoms with Crippen LogP contribution in [-0.4, -0.2) is 17.7 Å². The first kappa shape index (κ1) is 11.7. The standard InChI is InChI=1S/C13H14O4/c1-3-16-12(14)8-11-13(2,15)9-6-4-5-7-10(9)17-11/h4-8,15H,3H2,1-2H3/b11-8+. The highest BCUT2D eigenvalue weighted by molar-refractivity contribution is 5.83. The number of ether oxygens (including phenoxy) is 2. The molecule has 1 atom stereocenters. The minimum Gasteiger partial charge on any atom is -0.463 e. The third-order valence-corrected chi connectivity index (χ3v) is 2.65. The van der Waals surface area contributed by atoms with Crippen molar-refractivity contribution in [2.75, 3.05) is 6.61 Å². The Morgan fingerprint density at radius 2 is 2.24 bits per heavy atom. The van der Waals surface area contributed by atoms with Gasteiger partial charge in [-0.25, -0.2) is 4.79 Å². The molecule has 0 spiro atoms. The molecule has 0 bridgehead atoms. The lowest BCUT2D eigenvalue weighted by Gasteiger charge is -2.16. The van der Waals surface area contributed by atoms with Crippen molar-refractivity contribution in [2.45, 2.75) is 19.4 Å². The lowest BCUT2D eigenvalue weighted by molar-refractivity contribution is -0.137. The first-order valence-electron chi connectivity index (χ1n) is 5.44. The number of benzene rings is 1. The molecule has 1 N–H and O–H groups in total. The number of esters is 1. The van der Waals surface area contributed by atoms with Gasteiger partial charge < -0.3 is 14.6 Å². The van der Waals surface area contributed by atoms with Crippen LogP contribution in [0.2, 0.25) is 0 Å². The molecule has 0 fully saturated rings. The summed E-state index contributed by atoms with van der Waals surface area (Å²) < 4.78 is 10.2. The Morgan fingerprint density at radius 3 is 2.88 bits per heavy atom. The zero-order valence-electron chi connectivity index (χ0n) is 9.77. The predicted molar refractivity (Wildman–Crippen MR) is 61.4 cm³/mol. The van der Waals surface area contributed by atoms with Gasteiger partial charge in [-0.3, -0.25) is 0 Å². The number of para-hydroxylation sites is 1. The molecule has 0 aromatic heterocycles. The molecule has 1 unspecified atom stereocenters. The summed E-state index contributed by atoms with van der Waals surface area (Å²) in [6, 6.07) is 7.13. The van der Waals surface area contributed by atoms with E-state index in [9.17, 15) is 9.90 Å². The van der Waals surface area contributed by atoms with E-state index in [1.807, 2.05) is 12.1 Å². The van der Waals surface area contributed by atoms with E-state index in [1.54, 1.807) is 26.0 Å². The maximum atomic E-state index is 11.3. The summed E-state index contributed by atoms with van der Waals surface area (Å²) in [7, 11) is 0. The Kier molecular flexibility index (Phi) is 2.90. The molecule has 1 aliphatic rings. The van der Waals surface area contributed by atoms with Crippen LogP contribution < -0.4 is 4.74 Å². The topological polar surface area (TPSA) is 55.8 Å². The average Bonchev–Trinajstić information content (AvgIpc) is 2.52. The van der Waals surface area contributed by atoms with Gasteiger partial charge in [0.25, 0.3) is 0 Å². The largest absolute Gasteiger partial charge is 0.463 e. The molecule has 1 aliphatic heterocycles. The van der Waals surface area contributed by atoms with E-state index < -0.39 is 11.6 Å². The third kappa shape index (κ3) is 2.03. The van der Waals surface area contributed by atoms with Crippen LogP contribution in [0.3, 0.4) is 0 Å². The van der Waals surface area contributed by atoms with Crippen LogP contribution in [0.1, 0.15) is 19.4 Å². The van der Waals surface area contributed by atoms with Gasteiger partial charge in [0.2, 0.25) is 0 Å². The fraction of sp³-hybridized carbons (Fsp3) is 0.308. The van der Waals surface area contributed by atoms with Gasteiger partial charge in [-0.2, -0.15) is 0 Å². The van der Waals surface area contributed by atoms with Crippen LogP contribution in [0, 0.1) is 0 Å². The lowest BCUT2D eigenvalue weighted by Crippen LogP contribution is -2.22. The Morgan fingerprint density at radius 1 is 1.53 bits per heavy atom. The third-order valence-electron chi connectivity index (χ3n) is 2.65. The average molecular weight is 234 g/mol. The maximum absolute atomic E-state index is 11.3. The molecule has 0 saturated heterocycles. The molecule has 1 aromatic rings. The van der Waals surface area contributed by atoms with Crippen molar-refractivity contribution < 1.29 is 19.4 Å². The van der Waals surface area contributed by atoms with Crippen LogP contribution in [-0.2, 0) is 15.1 Å². The van der Waals surface area contributed by atoms with E-state index in [1.165, 1.54) is 6.08 Å². The fourth-order valence-corrected chi connectivity index (χ4v) is 1.77. The van der Waals surface area contributed by atoms with Crippen molar-refractivity contribution in [1.82, 2.24) is 0 Å². The minimum absolute atomic E-state index is 0.192. The molecular formula is C13H14O4. The van der Waals surface area contributed by atoms with Gasteiger partial charge in [0.1, 0.15) is 17.1 Å². The second kappa shape index (κ2) is 4.22. The Hall–Kier alpha value is -1.81. The highest BCUT2D eigenvalue weighted by Crippen LogP contribution is 2.43. The van der Waals surface area contributed by atoms with Crippen molar-refractivity contribution in [3.05, 3.63) is 41.7 Å². The van der Waals surface area contributed by atoms with Crippen LogP contribution in [0.15, 0.2) is 36.1 Å². The molecule has 4 heteroatoms. The Bertz CT molecular complexity index is 474. The van der Waals surface area contributed by atoms with Crippen molar-refractivity contribution in [2.24, 2.45) is 0 Å². The minimum atomic E-state index is -1.29. The zero-order valence-corrected chi connectivity index (χ0v) is 9.77. The molecule has 4 nitrogen and oxygen atoms in total. The highest BCUT2D eigenvalue weighted by atomic mass is 16.5. The van der Waals surface area contributed by atoms with Crippen LogP contribution in [0.25, 0.3) is 0 Å². The maximum Gasteiger partial charge on any atom is 0.334 e. The normalized spacial score (nSPS) is 24.3. The quantitative estimate of drug-likeness (QED) is 0.625. The van der Waals surface area contributed by atoms with Gasteiger partial charge in [0.05, 0.1) is 12.7 Å². The first-order chi connectivity index (χ1) is 8.05. The predicted octanol–water partition coefficient (Wildman–Crippen LogP) is 1.73. The molecule has 0 radical (unpaired) electrons. The van der Waals surface area contributed by atoms with E-state index in [0.717, 1.165) is 0 Å². The number of carbonyl (C=O) groups excluding carboxylic acids is 1. The van der Waals surface area contributed by atoms with Gasteiger partial charge in [0, 0.05) is 5.56 Å². The monoisotopic (exact) mass is 234 g/mol. The van der Waals surface area contributed by atoms with Crippen LogP contribution in [0.5, 0.6) is 5.75 Å². The molecule has 1 aromatic carbocycles. The summed E-state index contributed by atoms with van der Waals surface area (Å²) >= 11 is 0. The smallest absolute Gasteiger partial charge is 0.334 e. The van der Waals surface area contributed by atoms with E-state index in [2.05, 4.69) is 0 Å². The first-order valence-corrected chi connectivity index (χ1v) is 5.44. The summed E-state index contributed by atoms with van der Waals surface area (Å²) in [6.07, 6.45) is 1.18. The van der Waals surface area contributed by atoms with E-state index in [4.69, 9.17) is 9.47 Å². The van der Waals surface area contributed by atoms with E-state index in [-0.39, 0.29) is 12.4 Å². The SMILES string of the molecule is CCOC(=O)/C=C1/Oc2ccccc2C1(C)O. The summed E-state index contributed by atoms with van der Waals surface area (Å²) in [4.78, 5) is 11.3. The van der Waals surface area contributed by atoms with Crippen LogP contribution in [0.4, 0.5) is 0 Å². The van der Waals surface area contributed by atoms with Crippen molar-refractivity contribution in [3.63, 3.8) is 0 Å². The highest BCUT2D eigenvalue weighted by Gasteiger charge is 2.39. The van der Waals surface area contributed by atoms with Gasteiger partial charge in [0.15, 0.2) is 0 Å². The molecule has 90 valence electrons. The van der Waals surface area contributed by atoms with Crippen molar-refractivity contribution in [3.8, 4) is 5.75 Å². The van der Waals surface area contributed by atoms with E-state index >= 15 is 0 Å². The molecule has 17 heavy (non-hydrogen) atoms. The molecule has 2 rings (SSSR count). The van der Waals surface area contributed by atoms with Gasteiger partial charge in [-0.1, -0.05) is 18.2 Å². The second-order valence-electron chi connectivity index (χ2n) is 3.93. The zero-order chi connectivity index (χ0) is 12.5. The molecular weight excluding hydrogens is 220 g/mol. The second-order valence-corrected chi connectivity index (χ2v) is 3.93. The molecule has 1 heterocycles. The molecule has 0 amide bonds. The Labute approximate surface area is 99.5 Å². The number of aliphatic hydroxyl groups is 1. The number of carbonyl (C=O) groups is 1. The summed E-state index contributed by atoms with van der Waals surface area (Å²) in [5, 5.41) is 10.3. The lowest BCUT2D eigenvalue weighted by atomic mass is 9.95. The summed E-state index contributed by atoms with van der Waals surface area (Å²) in [5.74, 6) is 0.237. The van der Waals surface area contributed by atoms with E-state index in [0.29, 0.717) is 11.3 Å². The van der Waals surface area contributed by atoms with Crippen molar-refractivity contribution in [1.29, 1.82) is 0 Å². The summed E-state index contributed by atoms with van der Waals surface area (Å²) in [6.45, 7) is 3.60. The van der Waals surface area contributed by atoms with Crippen LogP contribution >= 0.6 is 0 Å². The number of hydrogen-bond acceptors (Lipinski definition) is 4. The Balaban J connectivity index is 2.34. The molecule has 0 saturated carbocycles. The summed E-state index contributed by atoms with van der Waals surface area (Å²) in [5.41, 5.74) is -0.640. The van der Waals surface area contributed by atoms with Gasteiger partial charge in [-0.15, -0.1) is 0 Å². The molecule has 0 aliphatic carbocycles. The van der Waals surface area contributed by atoms with Gasteiger partial charge in [-0.05, 0) is 19.9 Å². The van der Waals surface area contributed by atoms with Crippen molar-refractivity contribution >= 4 is 5.97 Å². The number of rotatable bonds is 2. The fourth-order valence-electron chi connectivity index (χ4n) is 1.77. The number of hydrogen-bond donors (Lipinski definition) is 1.